The first-order valence-electron chi connectivity index (χ1n) is 6.21. The number of hydrogen-bond donors (Lipinski definition) is 1. The van der Waals surface area contributed by atoms with Gasteiger partial charge in [0.1, 0.15) is 0 Å². The lowest BCUT2D eigenvalue weighted by molar-refractivity contribution is 0.667. The number of nitrogens with zero attached hydrogens (tertiary/aromatic N) is 1. The molecule has 1 aromatic heterocycles. The van der Waals surface area contributed by atoms with Crippen LogP contribution in [0.25, 0.3) is 10.9 Å². The molecule has 0 spiro atoms. The molecule has 1 N–H and O–H groups in total. The van der Waals surface area contributed by atoms with Crippen molar-refractivity contribution in [3.63, 3.8) is 0 Å². The average molecular weight is 279 g/mol. The zero-order valence-electron chi connectivity index (χ0n) is 10.0. The monoisotopic (exact) mass is 278 g/mol. The fourth-order valence-corrected chi connectivity index (χ4v) is 3.58. The smallest absolute Gasteiger partial charge is 0.0737 e. The van der Waals surface area contributed by atoms with Gasteiger partial charge in [-0.05, 0) is 48.6 Å². The average Bonchev–Trinajstić information content (AvgIpc) is 2.40. The first-order valence-corrected chi connectivity index (χ1v) is 7.75. The highest BCUT2D eigenvalue weighted by atomic mass is 35.5. The lowest BCUT2D eigenvalue weighted by Gasteiger charge is -2.24. The zero-order valence-corrected chi connectivity index (χ0v) is 11.6. The highest BCUT2D eigenvalue weighted by molar-refractivity contribution is 7.99. The number of fused-ring (bicyclic) bond motifs is 1. The molecule has 1 aliphatic heterocycles. The molecular weight excluding hydrogens is 264 g/mol. The SMILES string of the molecule is Clc1ccc2c(NC3CCSCC3)ccnc2c1. The van der Waals surface area contributed by atoms with Crippen LogP contribution >= 0.6 is 23.4 Å². The number of anilines is 1. The summed E-state index contributed by atoms with van der Waals surface area (Å²) in [4.78, 5) is 4.37. The van der Waals surface area contributed by atoms with E-state index in [0.29, 0.717) is 6.04 Å². The van der Waals surface area contributed by atoms with Gasteiger partial charge in [0, 0.05) is 28.3 Å². The molecule has 0 amide bonds. The van der Waals surface area contributed by atoms with Crippen LogP contribution in [-0.2, 0) is 0 Å². The third-order valence-electron chi connectivity index (χ3n) is 3.29. The van der Waals surface area contributed by atoms with Gasteiger partial charge in [0.15, 0.2) is 0 Å². The number of pyridine rings is 1. The van der Waals surface area contributed by atoms with E-state index in [4.69, 9.17) is 11.6 Å². The zero-order chi connectivity index (χ0) is 12.4. The Kier molecular flexibility index (Phi) is 3.62. The third kappa shape index (κ3) is 2.57. The van der Waals surface area contributed by atoms with E-state index in [-0.39, 0.29) is 0 Å². The van der Waals surface area contributed by atoms with Crippen LogP contribution in [0.4, 0.5) is 5.69 Å². The van der Waals surface area contributed by atoms with E-state index >= 15 is 0 Å². The minimum absolute atomic E-state index is 0.590. The fraction of sp³-hybridized carbons (Fsp3) is 0.357. The van der Waals surface area contributed by atoms with Crippen LogP contribution < -0.4 is 5.32 Å². The Hall–Kier alpha value is -0.930. The molecule has 0 bridgehead atoms. The van der Waals surface area contributed by atoms with Crippen molar-refractivity contribution in [1.29, 1.82) is 0 Å². The van der Waals surface area contributed by atoms with Crippen LogP contribution in [0, 0.1) is 0 Å². The molecule has 1 aromatic carbocycles. The van der Waals surface area contributed by atoms with Gasteiger partial charge in [0.05, 0.1) is 5.52 Å². The summed E-state index contributed by atoms with van der Waals surface area (Å²) in [5, 5.41) is 5.54. The van der Waals surface area contributed by atoms with E-state index in [2.05, 4.69) is 16.4 Å². The molecule has 3 rings (SSSR count). The van der Waals surface area contributed by atoms with Crippen LogP contribution in [0.15, 0.2) is 30.5 Å². The van der Waals surface area contributed by atoms with Crippen molar-refractivity contribution in [1.82, 2.24) is 4.98 Å². The van der Waals surface area contributed by atoms with Gasteiger partial charge < -0.3 is 5.32 Å². The number of rotatable bonds is 2. The molecule has 1 saturated heterocycles. The van der Waals surface area contributed by atoms with Crippen LogP contribution in [0.5, 0.6) is 0 Å². The standard InChI is InChI=1S/C14H15ClN2S/c15-10-1-2-12-13(3-6-16-14(12)9-10)17-11-4-7-18-8-5-11/h1-3,6,9,11H,4-5,7-8H2,(H,16,17). The minimum Gasteiger partial charge on any atom is -0.382 e. The van der Waals surface area contributed by atoms with Gasteiger partial charge in [-0.3, -0.25) is 4.98 Å². The molecule has 18 heavy (non-hydrogen) atoms. The van der Waals surface area contributed by atoms with E-state index in [1.54, 1.807) is 0 Å². The second kappa shape index (κ2) is 5.37. The molecule has 1 fully saturated rings. The summed E-state index contributed by atoms with van der Waals surface area (Å²) in [7, 11) is 0. The maximum atomic E-state index is 6.00. The van der Waals surface area contributed by atoms with Crippen molar-refractivity contribution in [2.75, 3.05) is 16.8 Å². The van der Waals surface area contributed by atoms with Crippen molar-refractivity contribution < 1.29 is 0 Å². The quantitative estimate of drug-likeness (QED) is 0.891. The van der Waals surface area contributed by atoms with Gasteiger partial charge in [-0.15, -0.1) is 0 Å². The second-order valence-corrected chi connectivity index (χ2v) is 6.21. The fourth-order valence-electron chi connectivity index (χ4n) is 2.31. The molecule has 4 heteroatoms. The Bertz CT molecular complexity index is 552. The van der Waals surface area contributed by atoms with Crippen LogP contribution in [0.3, 0.4) is 0 Å². The largest absolute Gasteiger partial charge is 0.382 e. The molecule has 0 saturated carbocycles. The summed E-state index contributed by atoms with van der Waals surface area (Å²) < 4.78 is 0. The molecular formula is C14H15ClN2S. The number of nitrogens with one attached hydrogen (secondary N) is 1. The van der Waals surface area contributed by atoms with E-state index in [9.17, 15) is 0 Å². The molecule has 0 radical (unpaired) electrons. The minimum atomic E-state index is 0.590. The molecule has 1 aliphatic rings. The Labute approximate surface area is 116 Å². The van der Waals surface area contributed by atoms with Crippen molar-refractivity contribution >= 4 is 40.0 Å². The molecule has 2 heterocycles. The number of halogens is 1. The highest BCUT2D eigenvalue weighted by Crippen LogP contribution is 2.27. The second-order valence-electron chi connectivity index (χ2n) is 4.55. The summed E-state index contributed by atoms with van der Waals surface area (Å²) in [5.74, 6) is 2.51. The number of benzene rings is 1. The predicted molar refractivity (Wildman–Crippen MR) is 80.7 cm³/mol. The van der Waals surface area contributed by atoms with Gasteiger partial charge in [-0.25, -0.2) is 0 Å². The summed E-state index contributed by atoms with van der Waals surface area (Å²) in [6, 6.07) is 8.53. The Morgan fingerprint density at radius 3 is 2.89 bits per heavy atom. The number of thioether (sulfide) groups is 1. The Balaban J connectivity index is 1.91. The summed E-state index contributed by atoms with van der Waals surface area (Å²) in [6.07, 6.45) is 4.32. The first kappa shape index (κ1) is 12.1. The Morgan fingerprint density at radius 2 is 2.06 bits per heavy atom. The number of aromatic nitrogens is 1. The summed E-state index contributed by atoms with van der Waals surface area (Å²) in [5.41, 5.74) is 2.13. The maximum Gasteiger partial charge on any atom is 0.0737 e. The van der Waals surface area contributed by atoms with Gasteiger partial charge in [-0.1, -0.05) is 11.6 Å². The van der Waals surface area contributed by atoms with Crippen molar-refractivity contribution in [2.24, 2.45) is 0 Å². The summed E-state index contributed by atoms with van der Waals surface area (Å²) >= 11 is 8.04. The lowest BCUT2D eigenvalue weighted by Crippen LogP contribution is -2.24. The molecule has 94 valence electrons. The van der Waals surface area contributed by atoms with Crippen molar-refractivity contribution in [2.45, 2.75) is 18.9 Å². The van der Waals surface area contributed by atoms with Crippen molar-refractivity contribution in [3.8, 4) is 0 Å². The molecule has 0 aliphatic carbocycles. The van der Waals surface area contributed by atoms with E-state index in [1.165, 1.54) is 30.0 Å². The van der Waals surface area contributed by atoms with Crippen LogP contribution in [0.2, 0.25) is 5.02 Å². The molecule has 0 atom stereocenters. The lowest BCUT2D eigenvalue weighted by atomic mass is 10.1. The normalized spacial score (nSPS) is 16.9. The van der Waals surface area contributed by atoms with Crippen LogP contribution in [0.1, 0.15) is 12.8 Å². The third-order valence-corrected chi connectivity index (χ3v) is 4.57. The van der Waals surface area contributed by atoms with E-state index < -0.39 is 0 Å². The molecule has 2 nitrogen and oxygen atoms in total. The van der Waals surface area contributed by atoms with Gasteiger partial charge in [0.2, 0.25) is 0 Å². The molecule has 2 aromatic rings. The maximum absolute atomic E-state index is 6.00. The summed E-state index contributed by atoms with van der Waals surface area (Å²) in [6.45, 7) is 0. The van der Waals surface area contributed by atoms with E-state index in [0.717, 1.165) is 15.9 Å². The van der Waals surface area contributed by atoms with E-state index in [1.807, 2.05) is 36.2 Å². The predicted octanol–water partition coefficient (Wildman–Crippen LogP) is 4.20. The highest BCUT2D eigenvalue weighted by Gasteiger charge is 2.14. The van der Waals surface area contributed by atoms with Gasteiger partial charge >= 0.3 is 0 Å². The van der Waals surface area contributed by atoms with Crippen molar-refractivity contribution in [3.05, 3.63) is 35.5 Å². The first-order chi connectivity index (χ1) is 8.83. The topological polar surface area (TPSA) is 24.9 Å². The number of hydrogen-bond acceptors (Lipinski definition) is 3. The van der Waals surface area contributed by atoms with Gasteiger partial charge in [-0.2, -0.15) is 11.8 Å². The van der Waals surface area contributed by atoms with Crippen LogP contribution in [-0.4, -0.2) is 22.5 Å². The molecule has 0 unspecified atom stereocenters. The Morgan fingerprint density at radius 1 is 1.22 bits per heavy atom. The van der Waals surface area contributed by atoms with Gasteiger partial charge in [0.25, 0.3) is 0 Å².